The highest BCUT2D eigenvalue weighted by Crippen LogP contribution is 2.20. The lowest BCUT2D eigenvalue weighted by atomic mass is 10.1. The molecule has 1 aromatic carbocycles. The first-order chi connectivity index (χ1) is 11.4. The summed E-state index contributed by atoms with van der Waals surface area (Å²) in [5.74, 6) is -1.50. The average Bonchev–Trinajstić information content (AvgIpc) is 2.53. The van der Waals surface area contributed by atoms with Gasteiger partial charge in [0.05, 0.1) is 0 Å². The summed E-state index contributed by atoms with van der Waals surface area (Å²) in [5, 5.41) is 12.1. The van der Waals surface area contributed by atoms with E-state index in [-0.39, 0.29) is 18.7 Å². The molecule has 1 amide bonds. The minimum Gasteiger partial charge on any atom is -0.480 e. The average molecular weight is 334 g/mol. The number of nitrogens with two attached hydrogens (primary N) is 1. The number of amides is 1. The fourth-order valence-corrected chi connectivity index (χ4v) is 2.04. The van der Waals surface area contributed by atoms with Crippen molar-refractivity contribution in [3.8, 4) is 0 Å². The van der Waals surface area contributed by atoms with Crippen molar-refractivity contribution in [1.82, 2.24) is 0 Å². The molecule has 2 aromatic rings. The Morgan fingerprint density at radius 3 is 2.58 bits per heavy atom. The van der Waals surface area contributed by atoms with Crippen molar-refractivity contribution < 1.29 is 19.1 Å². The molecule has 0 spiro atoms. The minimum atomic E-state index is -1.14. The molecule has 1 atom stereocenters. The Balaban J connectivity index is 0.00000139. The zero-order valence-corrected chi connectivity index (χ0v) is 14.0. The lowest BCUT2D eigenvalue weighted by molar-refractivity contribution is -0.138. The van der Waals surface area contributed by atoms with E-state index in [1.54, 1.807) is 25.1 Å². The zero-order chi connectivity index (χ0) is 18.3. The van der Waals surface area contributed by atoms with Gasteiger partial charge in [0.25, 0.3) is 0 Å². The van der Waals surface area contributed by atoms with Gasteiger partial charge in [0.1, 0.15) is 11.6 Å². The number of aliphatic carboxylic acids is 1. The molecule has 0 saturated carbocycles. The van der Waals surface area contributed by atoms with Crippen LogP contribution >= 0.6 is 0 Å². The van der Waals surface area contributed by atoms with Crippen LogP contribution in [0.5, 0.6) is 0 Å². The number of fused-ring (bicyclic) bond motifs is 1. The largest absolute Gasteiger partial charge is 0.480 e. The highest BCUT2D eigenvalue weighted by atomic mass is 16.4. The molecule has 1 unspecified atom stereocenters. The topological polar surface area (TPSA) is 123 Å². The Morgan fingerprint density at radius 1 is 1.29 bits per heavy atom. The number of hydrogen-bond donors (Lipinski definition) is 3. The fourth-order valence-electron chi connectivity index (χ4n) is 2.04. The Labute approximate surface area is 139 Å². The molecular weight excluding hydrogens is 312 g/mol. The molecule has 0 aliphatic heterocycles. The number of carboxylic acids is 1. The first-order valence-corrected chi connectivity index (χ1v) is 7.69. The Bertz CT molecular complexity index is 782. The summed E-state index contributed by atoms with van der Waals surface area (Å²) in [4.78, 5) is 33.7. The molecule has 0 saturated heterocycles. The maximum Gasteiger partial charge on any atom is 0.336 e. The van der Waals surface area contributed by atoms with E-state index in [4.69, 9.17) is 15.3 Å². The smallest absolute Gasteiger partial charge is 0.336 e. The van der Waals surface area contributed by atoms with E-state index in [1.807, 2.05) is 13.8 Å². The van der Waals surface area contributed by atoms with Crippen LogP contribution < -0.4 is 16.7 Å². The number of carbonyl (C=O) groups excluding carboxylic acids is 1. The third kappa shape index (κ3) is 5.20. The number of nitrogens with one attached hydrogen (secondary N) is 1. The molecule has 0 radical (unpaired) electrons. The Kier molecular flexibility index (Phi) is 7.13. The molecule has 0 bridgehead atoms. The third-order valence-electron chi connectivity index (χ3n) is 3.23. The van der Waals surface area contributed by atoms with Gasteiger partial charge in [0.15, 0.2) is 0 Å². The third-order valence-corrected chi connectivity index (χ3v) is 3.23. The highest BCUT2D eigenvalue weighted by Gasteiger charge is 2.13. The van der Waals surface area contributed by atoms with Gasteiger partial charge < -0.3 is 20.6 Å². The number of carboxylic acid groups (broad SMARTS) is 1. The van der Waals surface area contributed by atoms with Crippen molar-refractivity contribution >= 4 is 28.5 Å². The normalized spacial score (nSPS) is 11.3. The van der Waals surface area contributed by atoms with Crippen LogP contribution in [0.4, 0.5) is 5.69 Å². The summed E-state index contributed by atoms with van der Waals surface area (Å²) in [7, 11) is 0. The summed E-state index contributed by atoms with van der Waals surface area (Å²) in [5.41, 5.74) is 6.51. The number of hydrogen-bond acceptors (Lipinski definition) is 5. The standard InChI is InChI=1S/C15H16N2O5.C2H6/c1-8-6-14(19)22-12-7-9(2-3-10(8)12)17-13(18)5-4-11(16)15(20)21;1-2/h2-3,6-7,11H,4-5,16H2,1H3,(H,17,18)(H,20,21);1-2H3. The summed E-state index contributed by atoms with van der Waals surface area (Å²) in [6.45, 7) is 5.80. The Morgan fingerprint density at radius 2 is 1.96 bits per heavy atom. The predicted octanol–water partition coefficient (Wildman–Crippen LogP) is 2.26. The van der Waals surface area contributed by atoms with Crippen LogP contribution in [0.1, 0.15) is 32.3 Å². The highest BCUT2D eigenvalue weighted by molar-refractivity contribution is 5.93. The minimum absolute atomic E-state index is 0.0106. The summed E-state index contributed by atoms with van der Waals surface area (Å²) in [6, 6.07) is 5.31. The van der Waals surface area contributed by atoms with Gasteiger partial charge in [0.2, 0.25) is 5.91 Å². The maximum atomic E-state index is 11.8. The van der Waals surface area contributed by atoms with Crippen LogP contribution in [0.3, 0.4) is 0 Å². The quantitative estimate of drug-likeness (QED) is 0.721. The zero-order valence-electron chi connectivity index (χ0n) is 14.0. The van der Waals surface area contributed by atoms with Gasteiger partial charge in [-0.05, 0) is 31.0 Å². The van der Waals surface area contributed by atoms with Crippen LogP contribution in [-0.2, 0) is 9.59 Å². The van der Waals surface area contributed by atoms with E-state index >= 15 is 0 Å². The molecule has 24 heavy (non-hydrogen) atoms. The Hall–Kier alpha value is -2.67. The lowest BCUT2D eigenvalue weighted by Crippen LogP contribution is -2.31. The van der Waals surface area contributed by atoms with Crippen molar-refractivity contribution in [3.05, 3.63) is 40.2 Å². The molecule has 0 aliphatic rings. The maximum absolute atomic E-state index is 11.8. The molecule has 0 aliphatic carbocycles. The van der Waals surface area contributed by atoms with Crippen LogP contribution in [-0.4, -0.2) is 23.0 Å². The first-order valence-electron chi connectivity index (χ1n) is 7.69. The summed E-state index contributed by atoms with van der Waals surface area (Å²) in [6.07, 6.45) is 0.0339. The molecule has 4 N–H and O–H groups in total. The van der Waals surface area contributed by atoms with E-state index in [0.29, 0.717) is 11.3 Å². The number of anilines is 1. The summed E-state index contributed by atoms with van der Waals surface area (Å²) >= 11 is 0. The molecule has 2 rings (SSSR count). The lowest BCUT2D eigenvalue weighted by Gasteiger charge is -2.08. The number of rotatable bonds is 5. The molecule has 7 heteroatoms. The van der Waals surface area contributed by atoms with Gasteiger partial charge in [-0.3, -0.25) is 9.59 Å². The van der Waals surface area contributed by atoms with Crippen molar-refractivity contribution in [2.45, 2.75) is 39.7 Å². The van der Waals surface area contributed by atoms with Crippen molar-refractivity contribution in [1.29, 1.82) is 0 Å². The van der Waals surface area contributed by atoms with Gasteiger partial charge in [-0.2, -0.15) is 0 Å². The van der Waals surface area contributed by atoms with Gasteiger partial charge in [-0.1, -0.05) is 13.8 Å². The van der Waals surface area contributed by atoms with Gasteiger partial charge in [0, 0.05) is 29.6 Å². The van der Waals surface area contributed by atoms with Crippen molar-refractivity contribution in [3.63, 3.8) is 0 Å². The van der Waals surface area contributed by atoms with Crippen LogP contribution in [0.2, 0.25) is 0 Å². The van der Waals surface area contributed by atoms with E-state index in [1.165, 1.54) is 6.07 Å². The van der Waals surface area contributed by atoms with Gasteiger partial charge in [-0.15, -0.1) is 0 Å². The van der Waals surface area contributed by atoms with Gasteiger partial charge in [-0.25, -0.2) is 4.79 Å². The van der Waals surface area contributed by atoms with Crippen molar-refractivity contribution in [2.75, 3.05) is 5.32 Å². The predicted molar refractivity (Wildman–Crippen MR) is 92.0 cm³/mol. The SMILES string of the molecule is CC.Cc1cc(=O)oc2cc(NC(=O)CCC(N)C(=O)O)ccc12. The second-order valence-corrected chi connectivity index (χ2v) is 4.99. The monoisotopic (exact) mass is 334 g/mol. The summed E-state index contributed by atoms with van der Waals surface area (Å²) < 4.78 is 5.09. The molecule has 1 heterocycles. The molecule has 130 valence electrons. The van der Waals surface area contributed by atoms with E-state index in [0.717, 1.165) is 10.9 Å². The fraction of sp³-hybridized carbons (Fsp3) is 0.353. The van der Waals surface area contributed by atoms with E-state index < -0.39 is 17.6 Å². The number of aryl methyl sites for hydroxylation is 1. The molecule has 1 aromatic heterocycles. The van der Waals surface area contributed by atoms with Gasteiger partial charge >= 0.3 is 11.6 Å². The van der Waals surface area contributed by atoms with E-state index in [9.17, 15) is 14.4 Å². The second-order valence-electron chi connectivity index (χ2n) is 4.99. The van der Waals surface area contributed by atoms with Crippen molar-refractivity contribution in [2.24, 2.45) is 5.73 Å². The van der Waals surface area contributed by atoms with Crippen LogP contribution in [0, 0.1) is 6.92 Å². The molecule has 0 fully saturated rings. The number of benzene rings is 1. The first kappa shape index (κ1) is 19.4. The second kappa shape index (κ2) is 8.83. The molecule has 7 nitrogen and oxygen atoms in total. The van der Waals surface area contributed by atoms with Crippen LogP contribution in [0.15, 0.2) is 33.5 Å². The molecular formula is C17H22N2O5. The number of carbonyl (C=O) groups is 2. The van der Waals surface area contributed by atoms with Crippen LogP contribution in [0.25, 0.3) is 11.0 Å². The van der Waals surface area contributed by atoms with E-state index in [2.05, 4.69) is 5.32 Å².